The summed E-state index contributed by atoms with van der Waals surface area (Å²) in [6, 6.07) is 29.3. The van der Waals surface area contributed by atoms with E-state index in [0.29, 0.717) is 6.61 Å². The van der Waals surface area contributed by atoms with E-state index in [1.807, 2.05) is 42.7 Å². The summed E-state index contributed by atoms with van der Waals surface area (Å²) < 4.78 is 6.21. The van der Waals surface area contributed by atoms with Crippen LogP contribution >= 0.6 is 0 Å². The van der Waals surface area contributed by atoms with Crippen LogP contribution in [0.5, 0.6) is 5.75 Å². The molecular formula is C28H21N3O. The van der Waals surface area contributed by atoms with Crippen LogP contribution in [0.2, 0.25) is 0 Å². The van der Waals surface area contributed by atoms with Gasteiger partial charge in [-0.3, -0.25) is 9.98 Å². The Bertz CT molecular complexity index is 1360. The Morgan fingerprint density at radius 2 is 1.72 bits per heavy atom. The van der Waals surface area contributed by atoms with E-state index in [9.17, 15) is 0 Å². The highest BCUT2D eigenvalue weighted by atomic mass is 16.5. The molecule has 32 heavy (non-hydrogen) atoms. The second-order valence-corrected chi connectivity index (χ2v) is 7.87. The number of para-hydroxylation sites is 2. The molecule has 154 valence electrons. The van der Waals surface area contributed by atoms with Gasteiger partial charge in [0.1, 0.15) is 12.4 Å². The number of fused-ring (bicyclic) bond motifs is 2. The number of benzene rings is 3. The van der Waals surface area contributed by atoms with Crippen molar-refractivity contribution in [1.82, 2.24) is 4.98 Å². The molecule has 6 rings (SSSR count). The fraction of sp³-hybridized carbons (Fsp3) is 0.0714. The molecule has 0 aliphatic carbocycles. The van der Waals surface area contributed by atoms with Gasteiger partial charge in [0.05, 0.1) is 22.8 Å². The number of nitrogens with zero attached hydrogens (tertiary/aromatic N) is 3. The molecule has 4 heteroatoms. The Balaban J connectivity index is 1.54. The molecule has 0 radical (unpaired) electrons. The van der Waals surface area contributed by atoms with Crippen LogP contribution < -0.4 is 9.64 Å². The molecule has 0 bridgehead atoms. The van der Waals surface area contributed by atoms with E-state index in [-0.39, 0.29) is 0 Å². The number of aromatic nitrogens is 1. The molecule has 0 spiro atoms. The van der Waals surface area contributed by atoms with E-state index in [1.54, 1.807) is 0 Å². The zero-order valence-electron chi connectivity index (χ0n) is 17.5. The van der Waals surface area contributed by atoms with Gasteiger partial charge < -0.3 is 9.64 Å². The van der Waals surface area contributed by atoms with Crippen molar-refractivity contribution in [3.8, 4) is 17.0 Å². The van der Waals surface area contributed by atoms with E-state index in [4.69, 9.17) is 4.74 Å². The smallest absolute Gasteiger partial charge is 0.143 e. The molecule has 4 aromatic rings. The van der Waals surface area contributed by atoms with Gasteiger partial charge in [-0.15, -0.1) is 0 Å². The van der Waals surface area contributed by atoms with E-state index >= 15 is 0 Å². The van der Waals surface area contributed by atoms with Crippen molar-refractivity contribution in [2.75, 3.05) is 4.90 Å². The largest absolute Gasteiger partial charge is 0.487 e. The second-order valence-electron chi connectivity index (χ2n) is 7.87. The number of aliphatic imine (C=N–C) groups is 1. The molecule has 3 aromatic carbocycles. The highest BCUT2D eigenvalue weighted by Crippen LogP contribution is 2.45. The average molecular weight is 415 g/mol. The summed E-state index contributed by atoms with van der Waals surface area (Å²) in [4.78, 5) is 11.4. The van der Waals surface area contributed by atoms with Crippen molar-refractivity contribution in [1.29, 1.82) is 0 Å². The summed E-state index contributed by atoms with van der Waals surface area (Å²) in [7, 11) is 0. The number of pyridine rings is 1. The summed E-state index contributed by atoms with van der Waals surface area (Å²) >= 11 is 0. The number of rotatable bonds is 3. The third-order valence-corrected chi connectivity index (χ3v) is 5.86. The second kappa shape index (κ2) is 7.82. The van der Waals surface area contributed by atoms with Crippen molar-refractivity contribution in [3.63, 3.8) is 0 Å². The predicted octanol–water partition coefficient (Wildman–Crippen LogP) is 6.82. The Kier molecular flexibility index (Phi) is 4.54. The van der Waals surface area contributed by atoms with E-state index in [0.717, 1.165) is 57.3 Å². The molecule has 1 aromatic heterocycles. The maximum absolute atomic E-state index is 6.21. The standard InChI is InChI=1S/C28H21N3O/c1-2-12-28-26(11-1)31(23-8-5-7-20(17-23)24-9-3-4-15-29-24)27-18-21(25-10-6-16-30-25)13-14-22(27)19-32-28/h1-9,11-18H,10,19H2. The number of hydrogen-bond acceptors (Lipinski definition) is 4. The molecule has 0 fully saturated rings. The predicted molar refractivity (Wildman–Crippen MR) is 129 cm³/mol. The van der Waals surface area contributed by atoms with E-state index < -0.39 is 0 Å². The van der Waals surface area contributed by atoms with Crippen molar-refractivity contribution < 1.29 is 4.74 Å². The topological polar surface area (TPSA) is 37.7 Å². The molecule has 0 saturated heterocycles. The first-order valence-corrected chi connectivity index (χ1v) is 10.8. The molecule has 0 saturated carbocycles. The molecule has 0 unspecified atom stereocenters. The maximum Gasteiger partial charge on any atom is 0.143 e. The van der Waals surface area contributed by atoms with Crippen molar-refractivity contribution in [2.24, 2.45) is 4.99 Å². The quantitative estimate of drug-likeness (QED) is 0.369. The molecule has 0 atom stereocenters. The molecular weight excluding hydrogens is 394 g/mol. The molecule has 2 aliphatic rings. The van der Waals surface area contributed by atoms with Crippen molar-refractivity contribution >= 4 is 22.8 Å². The highest BCUT2D eigenvalue weighted by Gasteiger charge is 2.24. The highest BCUT2D eigenvalue weighted by molar-refractivity contribution is 6.04. The summed E-state index contributed by atoms with van der Waals surface area (Å²) in [5, 5.41) is 0. The first-order valence-electron chi connectivity index (χ1n) is 10.8. The normalized spacial score (nSPS) is 14.2. The minimum absolute atomic E-state index is 0.522. The van der Waals surface area contributed by atoms with Crippen LogP contribution in [0.3, 0.4) is 0 Å². The first-order chi connectivity index (χ1) is 15.9. The summed E-state index contributed by atoms with van der Waals surface area (Å²) in [6.45, 7) is 0.522. The van der Waals surface area contributed by atoms with E-state index in [1.165, 1.54) is 0 Å². The Hall–Kier alpha value is -4.18. The lowest BCUT2D eigenvalue weighted by molar-refractivity contribution is 0.310. The minimum Gasteiger partial charge on any atom is -0.487 e. The number of hydrogen-bond donors (Lipinski definition) is 0. The minimum atomic E-state index is 0.522. The van der Waals surface area contributed by atoms with Gasteiger partial charge in [0.2, 0.25) is 0 Å². The van der Waals surface area contributed by atoms with Crippen LogP contribution in [-0.2, 0) is 6.61 Å². The summed E-state index contributed by atoms with van der Waals surface area (Å²) in [5.74, 6) is 0.869. The number of ether oxygens (including phenoxy) is 1. The van der Waals surface area contributed by atoms with Gasteiger partial charge >= 0.3 is 0 Å². The van der Waals surface area contributed by atoms with Crippen LogP contribution in [0.4, 0.5) is 17.1 Å². The zero-order chi connectivity index (χ0) is 21.3. The Morgan fingerprint density at radius 3 is 2.59 bits per heavy atom. The van der Waals surface area contributed by atoms with Crippen molar-refractivity contribution in [3.05, 3.63) is 115 Å². The van der Waals surface area contributed by atoms with Gasteiger partial charge in [0.25, 0.3) is 0 Å². The lowest BCUT2D eigenvalue weighted by Gasteiger charge is -2.27. The third-order valence-electron chi connectivity index (χ3n) is 5.86. The molecule has 0 N–H and O–H groups in total. The molecule has 3 heterocycles. The van der Waals surface area contributed by atoms with Crippen LogP contribution in [0, 0.1) is 0 Å². The van der Waals surface area contributed by atoms with Crippen molar-refractivity contribution in [2.45, 2.75) is 13.0 Å². The number of allylic oxidation sites excluding steroid dienone is 1. The first kappa shape index (κ1) is 18.6. The third kappa shape index (κ3) is 3.26. The SMILES string of the molecule is C1=CN=C(c2ccc3c(c2)N(c2cccc(-c4ccccn4)c2)c2ccccc2OC3)C1. The zero-order valence-corrected chi connectivity index (χ0v) is 17.5. The average Bonchev–Trinajstić information content (AvgIpc) is 3.34. The summed E-state index contributed by atoms with van der Waals surface area (Å²) in [6.07, 6.45) is 6.66. The van der Waals surface area contributed by atoms with Crippen LogP contribution in [0.15, 0.2) is 108 Å². The Labute approximate surface area is 187 Å². The van der Waals surface area contributed by atoms with Gasteiger partial charge in [0.15, 0.2) is 0 Å². The van der Waals surface area contributed by atoms with Crippen LogP contribution in [0.1, 0.15) is 17.5 Å². The fourth-order valence-electron chi connectivity index (χ4n) is 4.29. The molecule has 0 amide bonds. The lowest BCUT2D eigenvalue weighted by Crippen LogP contribution is -2.12. The molecule has 4 nitrogen and oxygen atoms in total. The van der Waals surface area contributed by atoms with Gasteiger partial charge in [-0.05, 0) is 48.0 Å². The summed E-state index contributed by atoms with van der Waals surface area (Å²) in [5.41, 5.74) is 8.60. The molecule has 2 aliphatic heterocycles. The van der Waals surface area contributed by atoms with E-state index in [2.05, 4.69) is 75.5 Å². The lowest BCUT2D eigenvalue weighted by atomic mass is 10.0. The van der Waals surface area contributed by atoms with Crippen LogP contribution in [-0.4, -0.2) is 10.7 Å². The number of anilines is 3. The monoisotopic (exact) mass is 415 g/mol. The fourth-order valence-corrected chi connectivity index (χ4v) is 4.29. The van der Waals surface area contributed by atoms with Crippen LogP contribution in [0.25, 0.3) is 11.3 Å². The van der Waals surface area contributed by atoms with Gasteiger partial charge in [0, 0.05) is 35.6 Å². The van der Waals surface area contributed by atoms with Gasteiger partial charge in [-0.25, -0.2) is 0 Å². The van der Waals surface area contributed by atoms with Gasteiger partial charge in [-0.1, -0.05) is 48.5 Å². The Morgan fingerprint density at radius 1 is 0.781 bits per heavy atom. The maximum atomic E-state index is 6.21. The van der Waals surface area contributed by atoms with Gasteiger partial charge in [-0.2, -0.15) is 0 Å².